The highest BCUT2D eigenvalue weighted by Gasteiger charge is 2.04. The molecule has 1 N–H and O–H groups in total. The summed E-state index contributed by atoms with van der Waals surface area (Å²) in [6, 6.07) is 10.4. The lowest BCUT2D eigenvalue weighted by molar-refractivity contribution is 0.629. The lowest BCUT2D eigenvalue weighted by atomic mass is 10.1. The molecule has 0 fully saturated rings. The van der Waals surface area contributed by atoms with Gasteiger partial charge in [0.15, 0.2) is 0 Å². The molecule has 0 saturated carbocycles. The van der Waals surface area contributed by atoms with Gasteiger partial charge in [-0.25, -0.2) is 0 Å². The third-order valence-corrected chi connectivity index (χ3v) is 3.30. The van der Waals surface area contributed by atoms with Crippen LogP contribution in [0.15, 0.2) is 36.9 Å². The highest BCUT2D eigenvalue weighted by atomic mass is 32.2. The van der Waals surface area contributed by atoms with Gasteiger partial charge in [0.1, 0.15) is 0 Å². The summed E-state index contributed by atoms with van der Waals surface area (Å²) in [5, 5.41) is 3.32. The second-order valence-corrected chi connectivity index (χ2v) is 5.47. The number of rotatable bonds is 6. The van der Waals surface area contributed by atoms with E-state index in [0.29, 0.717) is 5.75 Å². The van der Waals surface area contributed by atoms with Gasteiger partial charge in [0, 0.05) is 35.4 Å². The van der Waals surface area contributed by atoms with E-state index in [4.69, 9.17) is 0 Å². The average molecular weight is 237 g/mol. The Morgan fingerprint density at radius 1 is 1.44 bits per heavy atom. The maximum Gasteiger partial charge on any atom is 0.0383 e. The maximum absolute atomic E-state index is 11.0. The van der Waals surface area contributed by atoms with Crippen LogP contribution in [0, 0.1) is 0 Å². The van der Waals surface area contributed by atoms with Crippen molar-refractivity contribution in [3.8, 4) is 0 Å². The molecule has 88 valence electrons. The molecule has 0 aliphatic carbocycles. The largest absolute Gasteiger partial charge is 0.309 e. The normalized spacial score (nSPS) is 14.4. The molecule has 2 unspecified atom stereocenters. The van der Waals surface area contributed by atoms with E-state index in [2.05, 4.69) is 11.9 Å². The quantitative estimate of drug-likeness (QED) is 0.820. The molecule has 0 bridgehead atoms. The van der Waals surface area contributed by atoms with Crippen LogP contribution in [0.4, 0.5) is 0 Å². The molecule has 2 nitrogen and oxygen atoms in total. The summed E-state index contributed by atoms with van der Waals surface area (Å²) in [7, 11) is -0.747. The summed E-state index contributed by atoms with van der Waals surface area (Å²) in [4.78, 5) is 0. The Hall–Kier alpha value is -0.930. The molecule has 1 rings (SSSR count). The van der Waals surface area contributed by atoms with E-state index < -0.39 is 10.8 Å². The van der Waals surface area contributed by atoms with Crippen molar-refractivity contribution in [1.82, 2.24) is 5.32 Å². The maximum atomic E-state index is 11.0. The van der Waals surface area contributed by atoms with Gasteiger partial charge in [-0.15, -0.1) is 0 Å². The summed E-state index contributed by atoms with van der Waals surface area (Å²) in [5.74, 6) is 0.683. The predicted octanol–water partition coefficient (Wildman–Crippen LogP) is 2.06. The van der Waals surface area contributed by atoms with Crippen molar-refractivity contribution in [3.05, 3.63) is 42.5 Å². The summed E-state index contributed by atoms with van der Waals surface area (Å²) in [6.45, 7) is 6.82. The van der Waals surface area contributed by atoms with E-state index in [1.807, 2.05) is 37.3 Å². The van der Waals surface area contributed by atoms with Crippen LogP contribution in [0.1, 0.15) is 12.5 Å². The third kappa shape index (κ3) is 4.73. The van der Waals surface area contributed by atoms with Gasteiger partial charge >= 0.3 is 0 Å². The first-order valence-corrected chi connectivity index (χ1v) is 7.09. The zero-order valence-electron chi connectivity index (χ0n) is 9.90. The topological polar surface area (TPSA) is 29.1 Å². The minimum atomic E-state index is -0.747. The van der Waals surface area contributed by atoms with Crippen LogP contribution in [0.2, 0.25) is 0 Å². The highest BCUT2D eigenvalue weighted by molar-refractivity contribution is 7.84. The molecule has 0 heterocycles. The van der Waals surface area contributed by atoms with Crippen molar-refractivity contribution in [1.29, 1.82) is 0 Å². The van der Waals surface area contributed by atoms with Gasteiger partial charge in [0.2, 0.25) is 0 Å². The Morgan fingerprint density at radius 3 is 2.62 bits per heavy atom. The smallest absolute Gasteiger partial charge is 0.0383 e. The predicted molar refractivity (Wildman–Crippen MR) is 71.9 cm³/mol. The fourth-order valence-corrected chi connectivity index (χ4v) is 2.31. The highest BCUT2D eigenvalue weighted by Crippen LogP contribution is 2.10. The number of benzene rings is 1. The molecule has 0 radical (unpaired) electrons. The Morgan fingerprint density at radius 2 is 2.06 bits per heavy atom. The molecule has 1 aromatic carbocycles. The third-order valence-electron chi connectivity index (χ3n) is 2.33. The van der Waals surface area contributed by atoms with Gasteiger partial charge in [-0.2, -0.15) is 0 Å². The van der Waals surface area contributed by atoms with E-state index in [9.17, 15) is 4.21 Å². The van der Waals surface area contributed by atoms with Crippen LogP contribution < -0.4 is 5.32 Å². The number of hydrogen-bond donors (Lipinski definition) is 1. The van der Waals surface area contributed by atoms with E-state index in [0.717, 1.165) is 17.7 Å². The van der Waals surface area contributed by atoms with Gasteiger partial charge in [0.05, 0.1) is 0 Å². The molecule has 0 aliphatic heterocycles. The molecular formula is C13H19NOS. The first-order chi connectivity index (χ1) is 7.59. The second-order valence-electron chi connectivity index (χ2n) is 3.99. The number of nitrogens with one attached hydrogen (secondary N) is 1. The molecule has 0 saturated heterocycles. The van der Waals surface area contributed by atoms with Gasteiger partial charge in [0.25, 0.3) is 0 Å². The lowest BCUT2D eigenvalue weighted by Gasteiger charge is -2.13. The van der Waals surface area contributed by atoms with Crippen molar-refractivity contribution < 1.29 is 4.21 Å². The van der Waals surface area contributed by atoms with Crippen LogP contribution in [0.5, 0.6) is 0 Å². The van der Waals surface area contributed by atoms with E-state index in [1.165, 1.54) is 0 Å². The van der Waals surface area contributed by atoms with Gasteiger partial charge in [-0.1, -0.05) is 36.9 Å². The van der Waals surface area contributed by atoms with Gasteiger partial charge in [-0.3, -0.25) is 4.21 Å². The fraction of sp³-hybridized carbons (Fsp3) is 0.385. The summed E-state index contributed by atoms with van der Waals surface area (Å²) < 4.78 is 11.0. The molecule has 0 aromatic heterocycles. The lowest BCUT2D eigenvalue weighted by Crippen LogP contribution is -2.32. The molecule has 0 aliphatic rings. The molecule has 3 heteroatoms. The zero-order valence-corrected chi connectivity index (χ0v) is 10.7. The molecule has 2 atom stereocenters. The molecule has 0 spiro atoms. The minimum Gasteiger partial charge on any atom is -0.309 e. The minimum absolute atomic E-state index is 0.256. The van der Waals surface area contributed by atoms with Crippen molar-refractivity contribution in [2.75, 3.05) is 18.6 Å². The Balaban J connectivity index is 2.39. The summed E-state index contributed by atoms with van der Waals surface area (Å²) in [6.07, 6.45) is 1.73. The average Bonchev–Trinajstić information content (AvgIpc) is 2.26. The Kier molecular flexibility index (Phi) is 5.43. The van der Waals surface area contributed by atoms with E-state index >= 15 is 0 Å². The van der Waals surface area contributed by atoms with Crippen molar-refractivity contribution in [2.24, 2.45) is 0 Å². The van der Waals surface area contributed by atoms with Crippen molar-refractivity contribution >= 4 is 16.4 Å². The van der Waals surface area contributed by atoms with E-state index in [-0.39, 0.29) is 6.04 Å². The Bertz CT molecular complexity index is 361. The molecule has 16 heavy (non-hydrogen) atoms. The van der Waals surface area contributed by atoms with Crippen LogP contribution in [-0.4, -0.2) is 28.8 Å². The van der Waals surface area contributed by atoms with Crippen LogP contribution in [-0.2, 0) is 10.8 Å². The van der Waals surface area contributed by atoms with Crippen molar-refractivity contribution in [2.45, 2.75) is 13.0 Å². The fourth-order valence-electron chi connectivity index (χ4n) is 1.48. The first kappa shape index (κ1) is 13.1. The molecular weight excluding hydrogens is 218 g/mol. The first-order valence-electron chi connectivity index (χ1n) is 5.36. The summed E-state index contributed by atoms with van der Waals surface area (Å²) >= 11 is 0. The second kappa shape index (κ2) is 6.61. The number of hydrogen-bond acceptors (Lipinski definition) is 2. The van der Waals surface area contributed by atoms with E-state index in [1.54, 1.807) is 6.26 Å². The molecule has 0 amide bonds. The van der Waals surface area contributed by atoms with Gasteiger partial charge in [-0.05, 0) is 18.1 Å². The van der Waals surface area contributed by atoms with Crippen LogP contribution >= 0.6 is 0 Å². The summed E-state index contributed by atoms with van der Waals surface area (Å²) in [5.41, 5.74) is 2.22. The SMILES string of the molecule is C=C(CNC(C)CS(C)=O)c1ccccc1. The molecule has 1 aromatic rings. The van der Waals surface area contributed by atoms with Crippen molar-refractivity contribution in [3.63, 3.8) is 0 Å². The zero-order chi connectivity index (χ0) is 12.0. The van der Waals surface area contributed by atoms with Crippen LogP contribution in [0.25, 0.3) is 5.57 Å². The monoisotopic (exact) mass is 237 g/mol. The van der Waals surface area contributed by atoms with Crippen LogP contribution in [0.3, 0.4) is 0 Å². The van der Waals surface area contributed by atoms with Gasteiger partial charge < -0.3 is 5.32 Å². The Labute approximate surface area is 100 Å². The standard InChI is InChI=1S/C13H19NOS/c1-11(13-7-5-4-6-8-13)9-14-12(2)10-16(3)15/h4-8,12,14H,1,9-10H2,2-3H3.